The number of nitrogens with zero attached hydrogens (tertiary/aromatic N) is 2. The van der Waals surface area contributed by atoms with Gasteiger partial charge in [-0.05, 0) is 24.3 Å². The summed E-state index contributed by atoms with van der Waals surface area (Å²) < 4.78 is 16.7. The molecule has 1 aliphatic rings. The second-order valence-electron chi connectivity index (χ2n) is 6.17. The SMILES string of the molecule is CN1C(=O)C(=Cc2cn(Cc3c(F)cccc3Cl)c3ccccc23)SC1=S. The first-order valence-electron chi connectivity index (χ1n) is 8.18. The first kappa shape index (κ1) is 18.2. The molecule has 1 saturated heterocycles. The number of carbonyl (C=O) groups is 1. The lowest BCUT2D eigenvalue weighted by Crippen LogP contribution is -2.22. The average Bonchev–Trinajstić information content (AvgIpc) is 3.11. The Hall–Kier alpha value is -2.15. The molecule has 3 aromatic rings. The minimum Gasteiger partial charge on any atom is -0.342 e. The minimum atomic E-state index is -0.339. The van der Waals surface area contributed by atoms with Crippen molar-refractivity contribution >= 4 is 62.8 Å². The number of hydrogen-bond acceptors (Lipinski definition) is 3. The summed E-state index contributed by atoms with van der Waals surface area (Å²) in [7, 11) is 1.67. The largest absolute Gasteiger partial charge is 0.342 e. The van der Waals surface area contributed by atoms with Crippen LogP contribution in [0.2, 0.25) is 5.02 Å². The first-order chi connectivity index (χ1) is 13.0. The number of amides is 1. The summed E-state index contributed by atoms with van der Waals surface area (Å²) in [6.45, 7) is 0.300. The van der Waals surface area contributed by atoms with Crippen molar-refractivity contribution in [2.24, 2.45) is 0 Å². The average molecular weight is 417 g/mol. The molecule has 4 rings (SSSR count). The van der Waals surface area contributed by atoms with Crippen LogP contribution in [0, 0.1) is 5.82 Å². The molecular formula is C20H14ClFN2OS2. The molecule has 0 N–H and O–H groups in total. The molecule has 0 aliphatic carbocycles. The van der Waals surface area contributed by atoms with E-state index in [1.807, 2.05) is 41.1 Å². The van der Waals surface area contributed by atoms with E-state index >= 15 is 0 Å². The third-order valence-electron chi connectivity index (χ3n) is 4.48. The van der Waals surface area contributed by atoms with Crippen molar-refractivity contribution in [2.45, 2.75) is 6.54 Å². The van der Waals surface area contributed by atoms with Gasteiger partial charge in [-0.3, -0.25) is 9.69 Å². The second kappa shape index (κ2) is 7.11. The Morgan fingerprint density at radius 3 is 2.70 bits per heavy atom. The van der Waals surface area contributed by atoms with Crippen molar-refractivity contribution in [1.82, 2.24) is 9.47 Å². The second-order valence-corrected chi connectivity index (χ2v) is 8.25. The quantitative estimate of drug-likeness (QED) is 0.427. The van der Waals surface area contributed by atoms with Crippen molar-refractivity contribution < 1.29 is 9.18 Å². The van der Waals surface area contributed by atoms with Crippen molar-refractivity contribution in [3.8, 4) is 0 Å². The fraction of sp³-hybridized carbons (Fsp3) is 0.100. The highest BCUT2D eigenvalue weighted by molar-refractivity contribution is 8.26. The zero-order valence-corrected chi connectivity index (χ0v) is 16.7. The van der Waals surface area contributed by atoms with Crippen LogP contribution in [0.15, 0.2) is 53.6 Å². The van der Waals surface area contributed by atoms with Gasteiger partial charge >= 0.3 is 0 Å². The van der Waals surface area contributed by atoms with Gasteiger partial charge in [-0.15, -0.1) is 0 Å². The lowest BCUT2D eigenvalue weighted by Gasteiger charge is -2.08. The van der Waals surface area contributed by atoms with E-state index in [4.69, 9.17) is 23.8 Å². The van der Waals surface area contributed by atoms with Gasteiger partial charge < -0.3 is 4.57 Å². The van der Waals surface area contributed by atoms with Gasteiger partial charge in [0.25, 0.3) is 5.91 Å². The van der Waals surface area contributed by atoms with Gasteiger partial charge in [0.05, 0.1) is 11.4 Å². The molecule has 2 heterocycles. The molecule has 27 heavy (non-hydrogen) atoms. The van der Waals surface area contributed by atoms with E-state index in [9.17, 15) is 9.18 Å². The molecule has 1 aromatic heterocycles. The summed E-state index contributed by atoms with van der Waals surface area (Å²) in [6.07, 6.45) is 3.75. The number of thiocarbonyl (C=S) groups is 1. The van der Waals surface area contributed by atoms with E-state index in [1.54, 1.807) is 19.2 Å². The van der Waals surface area contributed by atoms with Gasteiger partial charge in [0.15, 0.2) is 0 Å². The molecule has 0 bridgehead atoms. The van der Waals surface area contributed by atoms with Crippen molar-refractivity contribution in [1.29, 1.82) is 0 Å². The number of likely N-dealkylation sites (N-methyl/N-ethyl adjacent to an activating group) is 1. The van der Waals surface area contributed by atoms with E-state index in [1.165, 1.54) is 22.7 Å². The summed E-state index contributed by atoms with van der Waals surface area (Å²) in [5, 5.41) is 1.37. The van der Waals surface area contributed by atoms with Crippen LogP contribution in [0.4, 0.5) is 4.39 Å². The third-order valence-corrected chi connectivity index (χ3v) is 6.32. The number of halogens is 2. The lowest BCUT2D eigenvalue weighted by atomic mass is 10.1. The van der Waals surface area contributed by atoms with Crippen LogP contribution >= 0.6 is 35.6 Å². The predicted molar refractivity (Wildman–Crippen MR) is 113 cm³/mol. The topological polar surface area (TPSA) is 25.2 Å². The zero-order valence-electron chi connectivity index (χ0n) is 14.3. The Morgan fingerprint density at radius 1 is 1.22 bits per heavy atom. The molecule has 3 nitrogen and oxygen atoms in total. The Balaban J connectivity index is 1.81. The number of thioether (sulfide) groups is 1. The monoisotopic (exact) mass is 416 g/mol. The highest BCUT2D eigenvalue weighted by atomic mass is 35.5. The molecule has 0 radical (unpaired) electrons. The van der Waals surface area contributed by atoms with Crippen molar-refractivity contribution in [2.75, 3.05) is 7.05 Å². The van der Waals surface area contributed by atoms with Crippen LogP contribution in [0.1, 0.15) is 11.1 Å². The van der Waals surface area contributed by atoms with E-state index in [2.05, 4.69) is 0 Å². The fourth-order valence-corrected chi connectivity index (χ4v) is 4.45. The maximum atomic E-state index is 14.2. The Morgan fingerprint density at radius 2 is 2.00 bits per heavy atom. The van der Waals surface area contributed by atoms with Crippen LogP contribution < -0.4 is 0 Å². The smallest absolute Gasteiger partial charge is 0.265 e. The molecule has 136 valence electrons. The van der Waals surface area contributed by atoms with Gasteiger partial charge in [-0.2, -0.15) is 0 Å². The molecule has 0 spiro atoms. The fourth-order valence-electron chi connectivity index (χ4n) is 3.06. The van der Waals surface area contributed by atoms with Crippen molar-refractivity contribution in [3.05, 3.63) is 75.5 Å². The number of fused-ring (bicyclic) bond motifs is 1. The molecule has 0 saturated carbocycles. The summed E-state index contributed by atoms with van der Waals surface area (Å²) in [6, 6.07) is 12.5. The highest BCUT2D eigenvalue weighted by Gasteiger charge is 2.29. The summed E-state index contributed by atoms with van der Waals surface area (Å²) in [5.41, 5.74) is 2.26. The molecule has 1 fully saturated rings. The number of hydrogen-bond donors (Lipinski definition) is 0. The zero-order chi connectivity index (χ0) is 19.1. The predicted octanol–water partition coefficient (Wildman–Crippen LogP) is 5.31. The standard InChI is InChI=1S/C20H14ClFN2OS2/c1-23-19(25)18(27-20(23)26)9-12-10-24(17-8-3-2-5-13(12)17)11-14-15(21)6-4-7-16(14)22/h2-10H,11H2,1H3. The van der Waals surface area contributed by atoms with Crippen LogP contribution in [-0.2, 0) is 11.3 Å². The number of carbonyl (C=O) groups excluding carboxylic acids is 1. The molecule has 7 heteroatoms. The Labute approximate surface area is 170 Å². The minimum absolute atomic E-state index is 0.112. The number of aromatic nitrogens is 1. The van der Waals surface area contributed by atoms with Crippen LogP contribution in [0.5, 0.6) is 0 Å². The van der Waals surface area contributed by atoms with Crippen molar-refractivity contribution in [3.63, 3.8) is 0 Å². The van der Waals surface area contributed by atoms with Crippen LogP contribution in [-0.4, -0.2) is 26.7 Å². The number of rotatable bonds is 3. The Kier molecular flexibility index (Phi) is 4.80. The van der Waals surface area contributed by atoms with E-state index in [-0.39, 0.29) is 11.7 Å². The maximum absolute atomic E-state index is 14.2. The van der Waals surface area contributed by atoms with E-state index in [0.29, 0.717) is 26.4 Å². The lowest BCUT2D eigenvalue weighted by molar-refractivity contribution is -0.121. The summed E-state index contributed by atoms with van der Waals surface area (Å²) in [4.78, 5) is 14.4. The van der Waals surface area contributed by atoms with Crippen LogP contribution in [0.3, 0.4) is 0 Å². The molecule has 0 unspecified atom stereocenters. The number of benzene rings is 2. The van der Waals surface area contributed by atoms with Gasteiger partial charge in [-0.1, -0.05) is 59.8 Å². The third kappa shape index (κ3) is 3.29. The van der Waals surface area contributed by atoms with Crippen LogP contribution in [0.25, 0.3) is 17.0 Å². The molecule has 0 atom stereocenters. The van der Waals surface area contributed by atoms with E-state index in [0.717, 1.165) is 16.5 Å². The molecular weight excluding hydrogens is 403 g/mol. The molecule has 2 aromatic carbocycles. The van der Waals surface area contributed by atoms with E-state index < -0.39 is 0 Å². The van der Waals surface area contributed by atoms with Gasteiger partial charge in [0.1, 0.15) is 10.1 Å². The summed E-state index contributed by atoms with van der Waals surface area (Å²) in [5.74, 6) is -0.451. The van der Waals surface area contributed by atoms with Gasteiger partial charge in [-0.25, -0.2) is 4.39 Å². The molecule has 1 amide bonds. The van der Waals surface area contributed by atoms with Gasteiger partial charge in [0.2, 0.25) is 0 Å². The Bertz CT molecular complexity index is 1100. The van der Waals surface area contributed by atoms with Gasteiger partial charge in [0, 0.05) is 40.3 Å². The normalized spacial score (nSPS) is 16.1. The first-order valence-corrected chi connectivity index (χ1v) is 9.78. The molecule has 1 aliphatic heterocycles. The maximum Gasteiger partial charge on any atom is 0.265 e. The highest BCUT2D eigenvalue weighted by Crippen LogP contribution is 2.34. The number of para-hydroxylation sites is 1. The summed E-state index contributed by atoms with van der Waals surface area (Å²) >= 11 is 12.7.